The Kier molecular flexibility index (Phi) is 6.01. The molecule has 0 saturated heterocycles. The number of rotatable bonds is 7. The van der Waals surface area contributed by atoms with Crippen molar-refractivity contribution in [2.45, 2.75) is 32.1 Å². The van der Waals surface area contributed by atoms with Gasteiger partial charge in [0.15, 0.2) is 0 Å². The number of nitrogens with one attached hydrogen (secondary N) is 1. The second kappa shape index (κ2) is 8.43. The molecule has 2 aromatic heterocycles. The van der Waals surface area contributed by atoms with Gasteiger partial charge in [0.2, 0.25) is 17.6 Å². The van der Waals surface area contributed by atoms with Crippen molar-refractivity contribution in [1.29, 1.82) is 0 Å². The number of carbonyl (C=O) groups is 1. The van der Waals surface area contributed by atoms with E-state index in [1.165, 1.54) is 5.56 Å². The van der Waals surface area contributed by atoms with Gasteiger partial charge in [-0.15, -0.1) is 0 Å². The molecule has 0 unspecified atom stereocenters. The summed E-state index contributed by atoms with van der Waals surface area (Å²) in [6, 6.07) is 13.6. The number of nitrogens with zero attached hydrogens (tertiary/aromatic N) is 3. The summed E-state index contributed by atoms with van der Waals surface area (Å²) in [4.78, 5) is 20.7. The maximum absolute atomic E-state index is 12.2. The Morgan fingerprint density at radius 3 is 2.67 bits per heavy atom. The van der Waals surface area contributed by atoms with Crippen LogP contribution in [-0.4, -0.2) is 27.6 Å². The number of pyridine rings is 1. The van der Waals surface area contributed by atoms with Crippen LogP contribution in [-0.2, 0) is 16.6 Å². The molecule has 0 spiro atoms. The van der Waals surface area contributed by atoms with Gasteiger partial charge >= 0.3 is 0 Å². The third kappa shape index (κ3) is 5.23. The third-order valence-corrected chi connectivity index (χ3v) is 4.81. The van der Waals surface area contributed by atoms with Gasteiger partial charge in [-0.25, -0.2) is 0 Å². The van der Waals surface area contributed by atoms with Gasteiger partial charge < -0.3 is 9.84 Å². The molecule has 3 aromatic rings. The van der Waals surface area contributed by atoms with Crippen molar-refractivity contribution in [1.82, 2.24) is 20.4 Å². The fraction of sp³-hybridized carbons (Fsp3) is 0.300. The van der Waals surface area contributed by atoms with Crippen LogP contribution >= 0.6 is 15.9 Å². The number of halogens is 1. The number of benzene rings is 1. The average molecular weight is 429 g/mol. The van der Waals surface area contributed by atoms with Gasteiger partial charge in [-0.1, -0.05) is 53.1 Å². The van der Waals surface area contributed by atoms with Crippen LogP contribution in [0, 0.1) is 0 Å². The normalized spacial score (nSPS) is 11.4. The maximum atomic E-state index is 12.2. The molecule has 0 atom stereocenters. The molecular weight excluding hydrogens is 408 g/mol. The van der Waals surface area contributed by atoms with Crippen LogP contribution in [0.1, 0.15) is 31.7 Å². The molecule has 1 N–H and O–H groups in total. The summed E-state index contributed by atoms with van der Waals surface area (Å²) >= 11 is 3.44. The Labute approximate surface area is 166 Å². The molecule has 140 valence electrons. The van der Waals surface area contributed by atoms with Crippen LogP contribution in [0.5, 0.6) is 0 Å². The molecular formula is C20H21BrN4O2. The first-order chi connectivity index (χ1) is 12.9. The minimum Gasteiger partial charge on any atom is -0.355 e. The molecule has 0 saturated carbocycles. The van der Waals surface area contributed by atoms with Crippen molar-refractivity contribution in [3.05, 3.63) is 64.6 Å². The topological polar surface area (TPSA) is 80.9 Å². The van der Waals surface area contributed by atoms with E-state index in [-0.39, 0.29) is 11.3 Å². The lowest BCUT2D eigenvalue weighted by Crippen LogP contribution is -2.36. The van der Waals surface area contributed by atoms with Gasteiger partial charge in [-0.3, -0.25) is 9.78 Å². The number of hydrogen-bond donors (Lipinski definition) is 1. The lowest BCUT2D eigenvalue weighted by molar-refractivity contribution is -0.121. The summed E-state index contributed by atoms with van der Waals surface area (Å²) in [7, 11) is 0. The molecule has 0 aliphatic carbocycles. The zero-order chi connectivity index (χ0) is 19.3. The Morgan fingerprint density at radius 1 is 1.19 bits per heavy atom. The summed E-state index contributed by atoms with van der Waals surface area (Å²) in [5.41, 5.74) is 1.66. The average Bonchev–Trinajstić information content (AvgIpc) is 3.15. The number of aromatic nitrogens is 3. The second-order valence-electron chi connectivity index (χ2n) is 6.89. The lowest BCUT2D eigenvalue weighted by Gasteiger charge is -2.25. The highest BCUT2D eigenvalue weighted by atomic mass is 79.9. The van der Waals surface area contributed by atoms with Crippen molar-refractivity contribution >= 4 is 21.8 Å². The molecule has 1 aromatic carbocycles. The highest BCUT2D eigenvalue weighted by Crippen LogP contribution is 2.24. The van der Waals surface area contributed by atoms with E-state index in [1.54, 1.807) is 6.20 Å². The van der Waals surface area contributed by atoms with Gasteiger partial charge in [-0.05, 0) is 29.8 Å². The zero-order valence-corrected chi connectivity index (χ0v) is 16.9. The molecule has 2 heterocycles. The quantitative estimate of drug-likeness (QED) is 0.616. The third-order valence-electron chi connectivity index (χ3n) is 4.28. The first-order valence-corrected chi connectivity index (χ1v) is 9.50. The molecule has 0 bridgehead atoms. The molecule has 0 aliphatic rings. The maximum Gasteiger partial charge on any atom is 0.227 e. The van der Waals surface area contributed by atoms with Crippen LogP contribution in [0.4, 0.5) is 0 Å². The van der Waals surface area contributed by atoms with Crippen LogP contribution < -0.4 is 5.32 Å². The van der Waals surface area contributed by atoms with Crippen LogP contribution in [0.2, 0.25) is 0 Å². The van der Waals surface area contributed by atoms with E-state index in [9.17, 15) is 4.79 Å². The molecule has 6 nitrogen and oxygen atoms in total. The molecule has 0 aliphatic heterocycles. The van der Waals surface area contributed by atoms with E-state index in [4.69, 9.17) is 4.52 Å². The Hall–Kier alpha value is -2.54. The first kappa shape index (κ1) is 19.2. The van der Waals surface area contributed by atoms with Gasteiger partial charge in [-0.2, -0.15) is 4.98 Å². The molecule has 0 fully saturated rings. The van der Waals surface area contributed by atoms with Gasteiger partial charge in [0, 0.05) is 35.5 Å². The van der Waals surface area contributed by atoms with E-state index in [0.717, 1.165) is 4.47 Å². The largest absolute Gasteiger partial charge is 0.355 e. The predicted molar refractivity (Wildman–Crippen MR) is 106 cm³/mol. The molecule has 7 heteroatoms. The monoisotopic (exact) mass is 428 g/mol. The Morgan fingerprint density at radius 2 is 1.96 bits per heavy atom. The summed E-state index contributed by atoms with van der Waals surface area (Å²) in [6.07, 6.45) is 2.36. The minimum absolute atomic E-state index is 0.0437. The Balaban J connectivity index is 1.50. The fourth-order valence-electron chi connectivity index (χ4n) is 2.59. The van der Waals surface area contributed by atoms with Crippen molar-refractivity contribution < 1.29 is 9.32 Å². The summed E-state index contributed by atoms with van der Waals surface area (Å²) in [6.45, 7) is 4.76. The van der Waals surface area contributed by atoms with Crippen molar-refractivity contribution in [2.24, 2.45) is 0 Å². The van der Waals surface area contributed by atoms with Crippen molar-refractivity contribution in [3.8, 4) is 11.5 Å². The van der Waals surface area contributed by atoms with Crippen LogP contribution in [0.25, 0.3) is 11.5 Å². The molecule has 1 amide bonds. The van der Waals surface area contributed by atoms with E-state index in [2.05, 4.69) is 62.4 Å². The standard InChI is InChI=1S/C20H21BrN4O2/c1-20(2,14-6-8-15(21)9-7-14)13-23-17(26)10-11-18-24-19(25-27-18)16-5-3-4-12-22-16/h3-9,12H,10-11,13H2,1-2H3,(H,23,26). The van der Waals surface area contributed by atoms with Gasteiger partial charge in [0.25, 0.3) is 0 Å². The molecule has 0 radical (unpaired) electrons. The van der Waals surface area contributed by atoms with E-state index in [0.29, 0.717) is 36.8 Å². The summed E-state index contributed by atoms with van der Waals surface area (Å²) < 4.78 is 6.25. The van der Waals surface area contributed by atoms with E-state index in [1.807, 2.05) is 30.3 Å². The highest BCUT2D eigenvalue weighted by Gasteiger charge is 2.21. The predicted octanol–water partition coefficient (Wildman–Crippen LogP) is 3.92. The smallest absolute Gasteiger partial charge is 0.227 e. The summed E-state index contributed by atoms with van der Waals surface area (Å²) in [5.74, 6) is 0.818. The van der Waals surface area contributed by atoms with E-state index >= 15 is 0 Å². The first-order valence-electron chi connectivity index (χ1n) is 8.71. The molecule has 3 rings (SSSR count). The molecule has 27 heavy (non-hydrogen) atoms. The number of hydrogen-bond acceptors (Lipinski definition) is 5. The van der Waals surface area contributed by atoms with Crippen molar-refractivity contribution in [2.75, 3.05) is 6.54 Å². The fourth-order valence-corrected chi connectivity index (χ4v) is 2.85. The zero-order valence-electron chi connectivity index (χ0n) is 15.3. The number of amides is 1. The van der Waals surface area contributed by atoms with E-state index < -0.39 is 0 Å². The lowest BCUT2D eigenvalue weighted by atomic mass is 9.84. The second-order valence-corrected chi connectivity index (χ2v) is 7.81. The minimum atomic E-state index is -0.160. The number of carbonyl (C=O) groups excluding carboxylic acids is 1. The Bertz CT molecular complexity index is 892. The van der Waals surface area contributed by atoms with Gasteiger partial charge in [0.1, 0.15) is 5.69 Å². The van der Waals surface area contributed by atoms with Crippen LogP contribution in [0.15, 0.2) is 57.7 Å². The summed E-state index contributed by atoms with van der Waals surface area (Å²) in [5, 5.41) is 6.90. The van der Waals surface area contributed by atoms with Crippen LogP contribution in [0.3, 0.4) is 0 Å². The SMILES string of the molecule is CC(C)(CNC(=O)CCc1nc(-c2ccccn2)no1)c1ccc(Br)cc1. The van der Waals surface area contributed by atoms with Crippen molar-refractivity contribution in [3.63, 3.8) is 0 Å². The highest BCUT2D eigenvalue weighted by molar-refractivity contribution is 9.10. The number of aryl methyl sites for hydroxylation is 1. The van der Waals surface area contributed by atoms with Gasteiger partial charge in [0.05, 0.1) is 0 Å².